The molecule has 0 radical (unpaired) electrons. The molecule has 0 aromatic heterocycles. The SMILES string of the molecule is C=CCCOc1ccc(C2CCC(OCc3ccc(C)c(F)c3F)OC2)cc1F. The van der Waals surface area contributed by atoms with Gasteiger partial charge in [-0.2, -0.15) is 0 Å². The summed E-state index contributed by atoms with van der Waals surface area (Å²) in [6, 6.07) is 7.98. The van der Waals surface area contributed by atoms with E-state index in [9.17, 15) is 13.2 Å². The molecule has 2 aromatic rings. The summed E-state index contributed by atoms with van der Waals surface area (Å²) in [4.78, 5) is 0. The van der Waals surface area contributed by atoms with Crippen molar-refractivity contribution >= 4 is 0 Å². The molecule has 3 nitrogen and oxygen atoms in total. The molecule has 1 aliphatic heterocycles. The Bertz CT molecular complexity index is 846. The summed E-state index contributed by atoms with van der Waals surface area (Å²) < 4.78 is 58.5. The summed E-state index contributed by atoms with van der Waals surface area (Å²) in [5, 5.41) is 0. The van der Waals surface area contributed by atoms with Gasteiger partial charge in [0, 0.05) is 11.5 Å². The quantitative estimate of drug-likeness (QED) is 0.409. The normalized spacial score (nSPS) is 19.2. The van der Waals surface area contributed by atoms with Crippen LogP contribution in [0.15, 0.2) is 43.0 Å². The molecular formula is C23H25F3O3. The molecule has 0 bridgehead atoms. The zero-order valence-electron chi connectivity index (χ0n) is 16.4. The summed E-state index contributed by atoms with van der Waals surface area (Å²) in [5.74, 6) is -1.87. The van der Waals surface area contributed by atoms with E-state index in [4.69, 9.17) is 14.2 Å². The van der Waals surface area contributed by atoms with Crippen molar-refractivity contribution in [3.63, 3.8) is 0 Å². The highest BCUT2D eigenvalue weighted by Crippen LogP contribution is 2.31. The summed E-state index contributed by atoms with van der Waals surface area (Å²) in [7, 11) is 0. The van der Waals surface area contributed by atoms with E-state index >= 15 is 0 Å². The maximum atomic E-state index is 14.2. The minimum absolute atomic E-state index is 0.0418. The monoisotopic (exact) mass is 406 g/mol. The number of rotatable bonds is 8. The van der Waals surface area contributed by atoms with E-state index in [1.165, 1.54) is 25.1 Å². The van der Waals surface area contributed by atoms with E-state index in [0.29, 0.717) is 26.1 Å². The van der Waals surface area contributed by atoms with Crippen LogP contribution in [0.1, 0.15) is 41.9 Å². The number of ether oxygens (including phenoxy) is 3. The first-order chi connectivity index (χ1) is 14.0. The van der Waals surface area contributed by atoms with Crippen molar-refractivity contribution in [3.05, 3.63) is 77.1 Å². The number of aryl methyl sites for hydroxylation is 1. The molecule has 2 aromatic carbocycles. The van der Waals surface area contributed by atoms with Gasteiger partial charge in [0.05, 0.1) is 19.8 Å². The van der Waals surface area contributed by atoms with Gasteiger partial charge in [-0.15, -0.1) is 6.58 Å². The first-order valence-electron chi connectivity index (χ1n) is 9.69. The molecule has 1 aliphatic rings. The van der Waals surface area contributed by atoms with Crippen molar-refractivity contribution in [2.75, 3.05) is 13.2 Å². The first kappa shape index (κ1) is 21.4. The largest absolute Gasteiger partial charge is 0.490 e. The smallest absolute Gasteiger partial charge is 0.165 e. The van der Waals surface area contributed by atoms with Crippen molar-refractivity contribution in [2.45, 2.75) is 45.0 Å². The number of benzene rings is 2. The van der Waals surface area contributed by atoms with Crippen LogP contribution in [0.3, 0.4) is 0 Å². The van der Waals surface area contributed by atoms with Crippen molar-refractivity contribution in [3.8, 4) is 5.75 Å². The lowest BCUT2D eigenvalue weighted by atomic mass is 9.93. The van der Waals surface area contributed by atoms with Gasteiger partial charge in [-0.05, 0) is 49.4 Å². The molecule has 1 heterocycles. The minimum Gasteiger partial charge on any atom is -0.490 e. The number of halogens is 3. The Kier molecular flexibility index (Phi) is 7.34. The molecule has 2 atom stereocenters. The van der Waals surface area contributed by atoms with E-state index in [1.54, 1.807) is 12.1 Å². The second-order valence-corrected chi connectivity index (χ2v) is 7.13. The topological polar surface area (TPSA) is 27.7 Å². The van der Waals surface area contributed by atoms with Crippen molar-refractivity contribution in [1.29, 1.82) is 0 Å². The van der Waals surface area contributed by atoms with Crippen LogP contribution in [0.4, 0.5) is 13.2 Å². The Balaban J connectivity index is 1.51. The fourth-order valence-electron chi connectivity index (χ4n) is 3.24. The Hall–Kier alpha value is -2.31. The minimum atomic E-state index is -0.885. The van der Waals surface area contributed by atoms with Crippen LogP contribution in [0.2, 0.25) is 0 Å². The molecule has 0 saturated carbocycles. The van der Waals surface area contributed by atoms with Crippen LogP contribution in [-0.4, -0.2) is 19.5 Å². The molecule has 2 unspecified atom stereocenters. The predicted octanol–water partition coefficient (Wildman–Crippen LogP) is 5.80. The number of hydrogen-bond acceptors (Lipinski definition) is 3. The summed E-state index contributed by atoms with van der Waals surface area (Å²) in [5.41, 5.74) is 1.25. The third-order valence-corrected chi connectivity index (χ3v) is 5.02. The highest BCUT2D eigenvalue weighted by atomic mass is 19.2. The van der Waals surface area contributed by atoms with Gasteiger partial charge in [0.1, 0.15) is 0 Å². The second kappa shape index (κ2) is 9.94. The van der Waals surface area contributed by atoms with Crippen LogP contribution >= 0.6 is 0 Å². The molecular weight excluding hydrogens is 381 g/mol. The first-order valence-corrected chi connectivity index (χ1v) is 9.69. The molecule has 1 saturated heterocycles. The predicted molar refractivity (Wildman–Crippen MR) is 104 cm³/mol. The van der Waals surface area contributed by atoms with E-state index in [-0.39, 0.29) is 29.4 Å². The summed E-state index contributed by atoms with van der Waals surface area (Å²) >= 11 is 0. The highest BCUT2D eigenvalue weighted by Gasteiger charge is 2.25. The van der Waals surface area contributed by atoms with Gasteiger partial charge in [0.25, 0.3) is 0 Å². The molecule has 3 rings (SSSR count). The van der Waals surface area contributed by atoms with Crippen molar-refractivity contribution in [1.82, 2.24) is 0 Å². The third kappa shape index (κ3) is 5.40. The Morgan fingerprint density at radius 3 is 2.66 bits per heavy atom. The highest BCUT2D eigenvalue weighted by molar-refractivity contribution is 5.31. The Labute approximate surface area is 169 Å². The third-order valence-electron chi connectivity index (χ3n) is 5.02. The van der Waals surface area contributed by atoms with Crippen molar-refractivity contribution in [2.24, 2.45) is 0 Å². The fourth-order valence-corrected chi connectivity index (χ4v) is 3.24. The second-order valence-electron chi connectivity index (χ2n) is 7.13. The Morgan fingerprint density at radius 1 is 1.14 bits per heavy atom. The molecule has 6 heteroatoms. The van der Waals surface area contributed by atoms with Crippen LogP contribution in [0.25, 0.3) is 0 Å². The Morgan fingerprint density at radius 2 is 1.97 bits per heavy atom. The van der Waals surface area contributed by atoms with Crippen LogP contribution in [0.5, 0.6) is 5.75 Å². The lowest BCUT2D eigenvalue weighted by Crippen LogP contribution is -2.27. The number of hydrogen-bond donors (Lipinski definition) is 0. The van der Waals surface area contributed by atoms with Gasteiger partial charge in [-0.1, -0.05) is 24.3 Å². The lowest BCUT2D eigenvalue weighted by Gasteiger charge is -2.29. The standard InChI is InChI=1S/C23H25F3O3/c1-3-4-11-27-20-9-7-16(12-19(20)24)17-8-10-21(28-13-17)29-14-18-6-5-15(2)22(25)23(18)26/h3,5-7,9,12,17,21H,1,4,8,10-11,13-14H2,2H3. The summed E-state index contributed by atoms with van der Waals surface area (Å²) in [6.07, 6.45) is 3.19. The van der Waals surface area contributed by atoms with Crippen LogP contribution in [-0.2, 0) is 16.1 Å². The average molecular weight is 406 g/mol. The van der Waals surface area contributed by atoms with E-state index in [0.717, 1.165) is 12.0 Å². The van der Waals surface area contributed by atoms with Gasteiger partial charge in [0.2, 0.25) is 0 Å². The van der Waals surface area contributed by atoms with E-state index in [1.807, 2.05) is 6.07 Å². The van der Waals surface area contributed by atoms with Gasteiger partial charge in [-0.25, -0.2) is 13.2 Å². The van der Waals surface area contributed by atoms with Crippen LogP contribution in [0, 0.1) is 24.4 Å². The molecule has 0 spiro atoms. The van der Waals surface area contributed by atoms with Crippen molar-refractivity contribution < 1.29 is 27.4 Å². The molecule has 156 valence electrons. The van der Waals surface area contributed by atoms with E-state index in [2.05, 4.69) is 6.58 Å². The molecule has 0 N–H and O–H groups in total. The van der Waals surface area contributed by atoms with Gasteiger partial charge >= 0.3 is 0 Å². The molecule has 0 aliphatic carbocycles. The zero-order valence-corrected chi connectivity index (χ0v) is 16.4. The maximum absolute atomic E-state index is 14.2. The van der Waals surface area contributed by atoms with Gasteiger partial charge in [0.15, 0.2) is 29.5 Å². The summed E-state index contributed by atoms with van der Waals surface area (Å²) in [6.45, 7) is 5.80. The molecule has 1 fully saturated rings. The molecule has 0 amide bonds. The zero-order chi connectivity index (χ0) is 20.8. The fraction of sp³-hybridized carbons (Fsp3) is 0.391. The average Bonchev–Trinajstić information content (AvgIpc) is 2.73. The van der Waals surface area contributed by atoms with Crippen LogP contribution < -0.4 is 4.74 Å². The van der Waals surface area contributed by atoms with Gasteiger partial charge in [-0.3, -0.25) is 0 Å². The van der Waals surface area contributed by atoms with Gasteiger partial charge < -0.3 is 14.2 Å². The maximum Gasteiger partial charge on any atom is 0.165 e. The lowest BCUT2D eigenvalue weighted by molar-refractivity contribution is -0.174. The van der Waals surface area contributed by atoms with E-state index < -0.39 is 23.7 Å². The molecule has 29 heavy (non-hydrogen) atoms.